The quantitative estimate of drug-likeness (QED) is 0.603. The molecule has 3 heterocycles. The monoisotopic (exact) mass is 453 g/mol. The highest BCUT2D eigenvalue weighted by Crippen LogP contribution is 2.44. The highest BCUT2D eigenvalue weighted by atomic mass is 19.1. The molecule has 1 aromatic carbocycles. The minimum absolute atomic E-state index is 0.0551. The van der Waals surface area contributed by atoms with Crippen LogP contribution in [0, 0.1) is 18.2 Å². The first-order valence-corrected chi connectivity index (χ1v) is 11.1. The SMILES string of the molecule is Cc1ccc(Nc2ncc(F)c(NC3CCN(C)C(C)(C)C3(C)C)n2)cc1-c1nnnn1C. The molecule has 1 fully saturated rings. The third kappa shape index (κ3) is 4.15. The number of halogens is 1. The number of tetrazole rings is 1. The molecule has 0 radical (unpaired) electrons. The molecule has 0 bridgehead atoms. The minimum Gasteiger partial charge on any atom is -0.364 e. The van der Waals surface area contributed by atoms with E-state index in [0.717, 1.165) is 29.8 Å². The van der Waals surface area contributed by atoms with Gasteiger partial charge in [0.2, 0.25) is 5.95 Å². The van der Waals surface area contributed by atoms with Crippen LogP contribution in [-0.2, 0) is 7.05 Å². The number of hydrogen-bond acceptors (Lipinski definition) is 8. The Balaban J connectivity index is 1.58. The van der Waals surface area contributed by atoms with E-state index in [1.54, 1.807) is 11.7 Å². The van der Waals surface area contributed by atoms with Crippen molar-refractivity contribution in [1.82, 2.24) is 35.1 Å². The molecule has 1 aliphatic rings. The van der Waals surface area contributed by atoms with Gasteiger partial charge in [0, 0.05) is 41.8 Å². The Morgan fingerprint density at radius 1 is 1.15 bits per heavy atom. The van der Waals surface area contributed by atoms with Gasteiger partial charge in [-0.1, -0.05) is 19.9 Å². The van der Waals surface area contributed by atoms with E-state index in [4.69, 9.17) is 0 Å². The molecule has 1 saturated heterocycles. The lowest BCUT2D eigenvalue weighted by Crippen LogP contribution is -2.63. The number of aryl methyl sites for hydroxylation is 2. The maximum Gasteiger partial charge on any atom is 0.229 e. The summed E-state index contributed by atoms with van der Waals surface area (Å²) in [6, 6.07) is 5.89. The summed E-state index contributed by atoms with van der Waals surface area (Å²) in [6.07, 6.45) is 2.10. The molecule has 0 spiro atoms. The van der Waals surface area contributed by atoms with Crippen LogP contribution in [0.15, 0.2) is 24.4 Å². The van der Waals surface area contributed by atoms with E-state index >= 15 is 0 Å². The minimum atomic E-state index is -0.470. The van der Waals surface area contributed by atoms with Crippen molar-refractivity contribution >= 4 is 17.5 Å². The van der Waals surface area contributed by atoms with Gasteiger partial charge in [-0.3, -0.25) is 0 Å². The number of benzene rings is 1. The van der Waals surface area contributed by atoms with Crippen molar-refractivity contribution in [2.24, 2.45) is 12.5 Å². The lowest BCUT2D eigenvalue weighted by molar-refractivity contribution is -0.0218. The van der Waals surface area contributed by atoms with Crippen LogP contribution in [0.5, 0.6) is 0 Å². The first kappa shape index (κ1) is 23.0. The Morgan fingerprint density at radius 3 is 2.61 bits per heavy atom. The Labute approximate surface area is 193 Å². The van der Waals surface area contributed by atoms with E-state index < -0.39 is 5.82 Å². The summed E-state index contributed by atoms with van der Waals surface area (Å²) in [5, 5.41) is 18.3. The molecule has 9 nitrogen and oxygen atoms in total. The zero-order valence-electron chi connectivity index (χ0n) is 20.3. The van der Waals surface area contributed by atoms with Gasteiger partial charge in [-0.05, 0) is 62.4 Å². The van der Waals surface area contributed by atoms with Gasteiger partial charge in [-0.15, -0.1) is 5.10 Å². The first-order chi connectivity index (χ1) is 15.5. The van der Waals surface area contributed by atoms with E-state index in [9.17, 15) is 4.39 Å². The fraction of sp³-hybridized carbons (Fsp3) is 0.522. The Morgan fingerprint density at radius 2 is 1.91 bits per heavy atom. The van der Waals surface area contributed by atoms with Crippen molar-refractivity contribution in [3.63, 3.8) is 0 Å². The van der Waals surface area contributed by atoms with Gasteiger partial charge >= 0.3 is 0 Å². The molecule has 176 valence electrons. The number of rotatable bonds is 5. The van der Waals surface area contributed by atoms with Gasteiger partial charge < -0.3 is 15.5 Å². The molecule has 2 aromatic heterocycles. The van der Waals surface area contributed by atoms with Crippen molar-refractivity contribution in [2.75, 3.05) is 24.2 Å². The zero-order chi connectivity index (χ0) is 24.0. The molecule has 1 unspecified atom stereocenters. The molecule has 1 aliphatic heterocycles. The number of anilines is 3. The van der Waals surface area contributed by atoms with Crippen LogP contribution in [0.4, 0.5) is 21.8 Å². The van der Waals surface area contributed by atoms with Crippen molar-refractivity contribution in [2.45, 2.75) is 52.6 Å². The zero-order valence-corrected chi connectivity index (χ0v) is 20.3. The second-order valence-electron chi connectivity index (χ2n) is 9.86. The standard InChI is InChI=1S/C23H32FN9/c1-14-8-9-15(12-16(14)20-29-30-31-33(20)7)26-21-25-13-17(24)19(28-21)27-18-10-11-32(6)23(4,5)22(18,2)3/h8-9,12-13,18H,10-11H2,1-7H3,(H2,25,26,27,28). The predicted octanol–water partition coefficient (Wildman–Crippen LogP) is 3.78. The maximum absolute atomic E-state index is 14.7. The van der Waals surface area contributed by atoms with E-state index in [0.29, 0.717) is 11.8 Å². The fourth-order valence-corrected chi connectivity index (χ4v) is 4.35. The van der Waals surface area contributed by atoms with Gasteiger partial charge in [0.15, 0.2) is 17.5 Å². The molecular weight excluding hydrogens is 421 g/mol. The van der Waals surface area contributed by atoms with E-state index in [1.165, 1.54) is 6.20 Å². The molecular formula is C23H32FN9. The number of likely N-dealkylation sites (tertiary alicyclic amines) is 1. The van der Waals surface area contributed by atoms with Gasteiger partial charge in [0.25, 0.3) is 0 Å². The molecule has 33 heavy (non-hydrogen) atoms. The predicted molar refractivity (Wildman–Crippen MR) is 127 cm³/mol. The number of piperidine rings is 1. The summed E-state index contributed by atoms with van der Waals surface area (Å²) < 4.78 is 16.3. The summed E-state index contributed by atoms with van der Waals surface area (Å²) in [5.41, 5.74) is 2.52. The molecule has 0 saturated carbocycles. The van der Waals surface area contributed by atoms with Crippen LogP contribution < -0.4 is 10.6 Å². The number of nitrogens with zero attached hydrogens (tertiary/aromatic N) is 7. The number of aromatic nitrogens is 6. The van der Waals surface area contributed by atoms with Gasteiger partial charge in [0.1, 0.15) is 0 Å². The van der Waals surface area contributed by atoms with Crippen LogP contribution in [0.25, 0.3) is 11.4 Å². The van der Waals surface area contributed by atoms with Crippen molar-refractivity contribution in [1.29, 1.82) is 0 Å². The largest absolute Gasteiger partial charge is 0.364 e. The maximum atomic E-state index is 14.7. The van der Waals surface area contributed by atoms with Crippen LogP contribution in [0.3, 0.4) is 0 Å². The first-order valence-electron chi connectivity index (χ1n) is 11.1. The lowest BCUT2D eigenvalue weighted by atomic mass is 9.65. The van der Waals surface area contributed by atoms with Gasteiger partial charge in [0.05, 0.1) is 6.20 Å². The van der Waals surface area contributed by atoms with Crippen LogP contribution in [0.2, 0.25) is 0 Å². The highest BCUT2D eigenvalue weighted by Gasteiger charge is 2.49. The molecule has 3 aromatic rings. The third-order valence-electron chi connectivity index (χ3n) is 7.57. The summed E-state index contributed by atoms with van der Waals surface area (Å²) in [5.74, 6) is 0.707. The fourth-order valence-electron chi connectivity index (χ4n) is 4.35. The smallest absolute Gasteiger partial charge is 0.229 e. The molecule has 2 N–H and O–H groups in total. The van der Waals surface area contributed by atoms with E-state index in [-0.39, 0.29) is 22.8 Å². The van der Waals surface area contributed by atoms with Crippen LogP contribution in [0.1, 0.15) is 39.7 Å². The highest BCUT2D eigenvalue weighted by molar-refractivity contribution is 5.68. The average Bonchev–Trinajstić information content (AvgIpc) is 3.18. The van der Waals surface area contributed by atoms with Crippen LogP contribution in [-0.4, -0.2) is 60.2 Å². The molecule has 10 heteroatoms. The van der Waals surface area contributed by atoms with Crippen LogP contribution >= 0.6 is 0 Å². The van der Waals surface area contributed by atoms with E-state index in [2.05, 4.69) is 75.8 Å². The van der Waals surface area contributed by atoms with Gasteiger partial charge in [-0.2, -0.15) is 4.98 Å². The second kappa shape index (κ2) is 8.33. The van der Waals surface area contributed by atoms with Crippen molar-refractivity contribution in [3.8, 4) is 11.4 Å². The number of nitrogens with one attached hydrogen (secondary N) is 2. The third-order valence-corrected chi connectivity index (χ3v) is 7.57. The van der Waals surface area contributed by atoms with E-state index in [1.807, 2.05) is 25.1 Å². The summed E-state index contributed by atoms with van der Waals surface area (Å²) >= 11 is 0. The number of hydrogen-bond donors (Lipinski definition) is 2. The Bertz CT molecular complexity index is 1150. The normalized spacial score (nSPS) is 19.9. The summed E-state index contributed by atoms with van der Waals surface area (Å²) in [7, 11) is 3.93. The Hall–Kier alpha value is -3.14. The molecule has 0 aliphatic carbocycles. The second-order valence-corrected chi connectivity index (χ2v) is 9.86. The van der Waals surface area contributed by atoms with Crippen molar-refractivity contribution < 1.29 is 4.39 Å². The molecule has 0 amide bonds. The summed E-state index contributed by atoms with van der Waals surface area (Å²) in [6.45, 7) is 11.8. The lowest BCUT2D eigenvalue weighted by Gasteiger charge is -2.56. The van der Waals surface area contributed by atoms with Crippen molar-refractivity contribution in [3.05, 3.63) is 35.8 Å². The summed E-state index contributed by atoms with van der Waals surface area (Å²) in [4.78, 5) is 11.0. The molecule has 4 rings (SSSR count). The average molecular weight is 454 g/mol. The van der Waals surface area contributed by atoms with Gasteiger partial charge in [-0.25, -0.2) is 14.1 Å². The Kier molecular flexibility index (Phi) is 5.81. The molecule has 1 atom stereocenters. The topological polar surface area (TPSA) is 96.7 Å².